The molecule has 0 aliphatic heterocycles. The summed E-state index contributed by atoms with van der Waals surface area (Å²) in [5.41, 5.74) is 0. The minimum absolute atomic E-state index is 0.0340. The van der Waals surface area contributed by atoms with E-state index in [-0.39, 0.29) is 42.7 Å². The lowest BCUT2D eigenvalue weighted by atomic mass is 10.1. The van der Waals surface area contributed by atoms with Gasteiger partial charge in [-0.15, -0.1) is 0 Å². The van der Waals surface area contributed by atoms with Crippen molar-refractivity contribution in [2.24, 2.45) is 0 Å². The monoisotopic (exact) mass is 846 g/mol. The number of aliphatic carboxylic acids is 1. The lowest BCUT2D eigenvalue weighted by Gasteiger charge is -2.34. The van der Waals surface area contributed by atoms with Gasteiger partial charge in [-0.1, -0.05) is 172 Å². The molecule has 2 atom stereocenters. The first kappa shape index (κ1) is 57.5. The molecule has 0 aromatic heterocycles. The van der Waals surface area contributed by atoms with Crippen molar-refractivity contribution in [2.45, 2.75) is 238 Å². The molecule has 0 N–H and O–H groups in total. The Morgan fingerprint density at radius 2 is 0.883 bits per heavy atom. The molecule has 0 bridgehead atoms. The average Bonchev–Trinajstić information content (AvgIpc) is 3.21. The van der Waals surface area contributed by atoms with Crippen molar-refractivity contribution < 1.29 is 38.2 Å². The van der Waals surface area contributed by atoms with E-state index in [1.54, 1.807) is 21.1 Å². The molecule has 350 valence electrons. The third kappa shape index (κ3) is 40.9. The van der Waals surface area contributed by atoms with Gasteiger partial charge in [-0.05, 0) is 70.6 Å². The first-order chi connectivity index (χ1) is 29.1. The normalized spacial score (nSPS) is 13.2. The highest BCUT2D eigenvalue weighted by molar-refractivity contribution is 5.70. The first-order valence-electron chi connectivity index (χ1n) is 25.0. The molecule has 0 fully saturated rings. The second kappa shape index (κ2) is 43.2. The summed E-state index contributed by atoms with van der Waals surface area (Å²) < 4.78 is 17.2. The Balaban J connectivity index is 4.25. The van der Waals surface area contributed by atoms with Gasteiger partial charge in [0.05, 0.1) is 40.3 Å². The van der Waals surface area contributed by atoms with Gasteiger partial charge in [0.15, 0.2) is 6.10 Å². The maximum Gasteiger partial charge on any atom is 0.306 e. The molecule has 8 nitrogen and oxygen atoms in total. The van der Waals surface area contributed by atoms with Gasteiger partial charge in [0, 0.05) is 19.3 Å². The Kier molecular flexibility index (Phi) is 41.4. The number of likely N-dealkylation sites (N-methyl/N-ethyl adjacent to an activating group) is 1. The minimum Gasteiger partial charge on any atom is -0.544 e. The second-order valence-electron chi connectivity index (χ2n) is 18.0. The van der Waals surface area contributed by atoms with E-state index < -0.39 is 18.1 Å². The number of carbonyl (C=O) groups is 3. The lowest BCUT2D eigenvalue weighted by Crippen LogP contribution is -2.55. The molecule has 0 spiro atoms. The molecule has 0 aliphatic carbocycles. The molecule has 0 amide bonds. The number of quaternary nitrogens is 1. The summed E-state index contributed by atoms with van der Waals surface area (Å²) in [6.45, 7) is 4.65. The SMILES string of the molecule is CCCCCCCC/C=C/CCCCCC(=O)OCC(COCCC(C(=O)[O-])[N+](C)(C)C)OC(=O)CCCCCCCCC/C=C/C/C=C/CCCCCCCCCCC. The van der Waals surface area contributed by atoms with Crippen LogP contribution in [0.3, 0.4) is 0 Å². The van der Waals surface area contributed by atoms with E-state index in [9.17, 15) is 19.5 Å². The standard InChI is InChI=1S/C52H95NO7/c1-6-8-10-12-14-16-18-20-21-22-23-24-25-26-27-28-29-31-33-35-37-39-41-43-51(55)60-48(46-58-45-44-49(52(56)57)53(3,4)5)47-59-50(54)42-40-38-36-34-32-30-19-17-15-13-11-9-7-2/h23-24,26-27,30,32,48-49H,6-22,25,28-29,31,33-47H2,1-5H3/b24-23+,27-26+,32-30+. The molecule has 0 aromatic rings. The van der Waals surface area contributed by atoms with Crippen LogP contribution in [0, 0.1) is 0 Å². The Labute approximate surface area is 370 Å². The van der Waals surface area contributed by atoms with Crippen molar-refractivity contribution in [3.8, 4) is 0 Å². The van der Waals surface area contributed by atoms with Crippen LogP contribution >= 0.6 is 0 Å². The molecule has 0 radical (unpaired) electrons. The summed E-state index contributed by atoms with van der Waals surface area (Å²) in [5, 5.41) is 11.6. The Morgan fingerprint density at radius 1 is 0.500 bits per heavy atom. The van der Waals surface area contributed by atoms with Crippen molar-refractivity contribution in [3.05, 3.63) is 36.5 Å². The molecule has 0 heterocycles. The lowest BCUT2D eigenvalue weighted by molar-refractivity contribution is -0.889. The summed E-state index contributed by atoms with van der Waals surface area (Å²) in [5.74, 6) is -1.76. The van der Waals surface area contributed by atoms with Crippen molar-refractivity contribution >= 4 is 17.9 Å². The summed E-state index contributed by atoms with van der Waals surface area (Å²) >= 11 is 0. The van der Waals surface area contributed by atoms with Gasteiger partial charge in [-0.25, -0.2) is 0 Å². The van der Waals surface area contributed by atoms with Gasteiger partial charge in [0.1, 0.15) is 12.6 Å². The highest BCUT2D eigenvalue weighted by atomic mass is 16.6. The number of hydrogen-bond acceptors (Lipinski definition) is 7. The largest absolute Gasteiger partial charge is 0.544 e. The van der Waals surface area contributed by atoms with E-state index in [4.69, 9.17) is 14.2 Å². The third-order valence-electron chi connectivity index (χ3n) is 11.2. The van der Waals surface area contributed by atoms with Crippen molar-refractivity contribution in [1.82, 2.24) is 0 Å². The number of carboxylic acid groups (broad SMARTS) is 1. The number of esters is 2. The fraction of sp³-hybridized carbons (Fsp3) is 0.827. The Bertz CT molecular complexity index is 1080. The van der Waals surface area contributed by atoms with Gasteiger partial charge in [0.25, 0.3) is 0 Å². The number of unbranched alkanes of at least 4 members (excludes halogenated alkanes) is 25. The fourth-order valence-corrected chi connectivity index (χ4v) is 7.33. The van der Waals surface area contributed by atoms with Crippen LogP contribution in [0.1, 0.15) is 226 Å². The summed E-state index contributed by atoms with van der Waals surface area (Å²) in [6.07, 6.45) is 50.3. The number of nitrogens with zero attached hydrogens (tertiary/aromatic N) is 1. The number of carbonyl (C=O) groups excluding carboxylic acids is 3. The fourth-order valence-electron chi connectivity index (χ4n) is 7.33. The molecule has 0 aromatic carbocycles. The van der Waals surface area contributed by atoms with E-state index in [1.165, 1.54) is 128 Å². The Morgan fingerprint density at radius 3 is 1.32 bits per heavy atom. The van der Waals surface area contributed by atoms with Crippen molar-refractivity contribution in [2.75, 3.05) is 41.0 Å². The zero-order chi connectivity index (χ0) is 44.2. The second-order valence-corrected chi connectivity index (χ2v) is 18.0. The van der Waals surface area contributed by atoms with Crippen LogP contribution in [0.15, 0.2) is 36.5 Å². The maximum absolute atomic E-state index is 12.8. The number of hydrogen-bond donors (Lipinski definition) is 0. The predicted molar refractivity (Wildman–Crippen MR) is 250 cm³/mol. The summed E-state index contributed by atoms with van der Waals surface area (Å²) in [4.78, 5) is 36.9. The van der Waals surface area contributed by atoms with Crippen LogP contribution in [-0.2, 0) is 28.6 Å². The van der Waals surface area contributed by atoms with Gasteiger partial charge < -0.3 is 28.6 Å². The number of ether oxygens (including phenoxy) is 3. The van der Waals surface area contributed by atoms with Crippen LogP contribution in [0.2, 0.25) is 0 Å². The van der Waals surface area contributed by atoms with Gasteiger partial charge in [0.2, 0.25) is 0 Å². The van der Waals surface area contributed by atoms with Crippen molar-refractivity contribution in [3.63, 3.8) is 0 Å². The molecule has 0 saturated heterocycles. The van der Waals surface area contributed by atoms with Crippen LogP contribution in [-0.4, -0.2) is 75.5 Å². The zero-order valence-electron chi connectivity index (χ0n) is 39.9. The smallest absolute Gasteiger partial charge is 0.306 e. The van der Waals surface area contributed by atoms with E-state index in [1.807, 2.05) is 0 Å². The molecule has 0 saturated carbocycles. The van der Waals surface area contributed by atoms with E-state index >= 15 is 0 Å². The summed E-state index contributed by atoms with van der Waals surface area (Å²) in [6, 6.07) is -0.729. The molecule has 60 heavy (non-hydrogen) atoms. The number of allylic oxidation sites excluding steroid dienone is 6. The minimum atomic E-state index is -1.13. The highest BCUT2D eigenvalue weighted by Gasteiger charge is 2.25. The molecular formula is C52H95NO7. The quantitative estimate of drug-likeness (QED) is 0.0260. The van der Waals surface area contributed by atoms with Crippen molar-refractivity contribution in [1.29, 1.82) is 0 Å². The number of rotatable bonds is 45. The molecule has 0 rings (SSSR count). The van der Waals surface area contributed by atoms with Gasteiger partial charge >= 0.3 is 11.9 Å². The van der Waals surface area contributed by atoms with Gasteiger partial charge in [-0.2, -0.15) is 0 Å². The van der Waals surface area contributed by atoms with Crippen LogP contribution in [0.5, 0.6) is 0 Å². The maximum atomic E-state index is 12.8. The van der Waals surface area contributed by atoms with E-state index in [0.29, 0.717) is 12.8 Å². The number of carboxylic acids is 1. The van der Waals surface area contributed by atoms with Crippen LogP contribution in [0.25, 0.3) is 0 Å². The highest BCUT2D eigenvalue weighted by Crippen LogP contribution is 2.14. The molecule has 2 unspecified atom stereocenters. The van der Waals surface area contributed by atoms with Crippen LogP contribution in [0.4, 0.5) is 0 Å². The summed E-state index contributed by atoms with van der Waals surface area (Å²) in [7, 11) is 5.41. The molecule has 0 aliphatic rings. The topological polar surface area (TPSA) is 102 Å². The predicted octanol–water partition coefficient (Wildman–Crippen LogP) is 12.9. The van der Waals surface area contributed by atoms with E-state index in [2.05, 4.69) is 50.3 Å². The average molecular weight is 846 g/mol. The molecular weight excluding hydrogens is 751 g/mol. The zero-order valence-corrected chi connectivity index (χ0v) is 39.9. The first-order valence-corrected chi connectivity index (χ1v) is 25.0. The van der Waals surface area contributed by atoms with E-state index in [0.717, 1.165) is 64.2 Å². The Hall–Kier alpha value is -2.45. The van der Waals surface area contributed by atoms with Gasteiger partial charge in [-0.3, -0.25) is 9.59 Å². The molecule has 8 heteroatoms. The third-order valence-corrected chi connectivity index (χ3v) is 11.2. The van der Waals surface area contributed by atoms with Crippen LogP contribution < -0.4 is 5.11 Å².